The SMILES string of the molecule is COc1cc(OC)cc(C(=O)C=C2N(C)c3ccccc3C2(C)C)c1. The molecule has 1 aliphatic rings. The van der Waals surface area contributed by atoms with Crippen LogP contribution >= 0.6 is 0 Å². The van der Waals surface area contributed by atoms with E-state index in [9.17, 15) is 4.79 Å². The number of allylic oxidation sites excluding steroid dienone is 2. The summed E-state index contributed by atoms with van der Waals surface area (Å²) in [6.45, 7) is 4.28. The maximum atomic E-state index is 12.9. The smallest absolute Gasteiger partial charge is 0.187 e. The van der Waals surface area contributed by atoms with Crippen LogP contribution in [0, 0.1) is 0 Å². The van der Waals surface area contributed by atoms with Crippen LogP contribution in [0.3, 0.4) is 0 Å². The zero-order chi connectivity index (χ0) is 18.2. The maximum absolute atomic E-state index is 12.9. The number of hydrogen-bond acceptors (Lipinski definition) is 4. The topological polar surface area (TPSA) is 38.8 Å². The molecule has 0 unspecified atom stereocenters. The van der Waals surface area contributed by atoms with Crippen LogP contribution < -0.4 is 14.4 Å². The fourth-order valence-electron chi connectivity index (χ4n) is 3.42. The molecule has 2 aromatic rings. The van der Waals surface area contributed by atoms with E-state index >= 15 is 0 Å². The van der Waals surface area contributed by atoms with Crippen molar-refractivity contribution in [2.75, 3.05) is 26.2 Å². The summed E-state index contributed by atoms with van der Waals surface area (Å²) in [7, 11) is 5.15. The zero-order valence-electron chi connectivity index (χ0n) is 15.3. The molecule has 0 radical (unpaired) electrons. The summed E-state index contributed by atoms with van der Waals surface area (Å²) < 4.78 is 10.5. The summed E-state index contributed by atoms with van der Waals surface area (Å²) in [5.74, 6) is 1.13. The van der Waals surface area contributed by atoms with Gasteiger partial charge in [0.05, 0.1) is 14.2 Å². The Morgan fingerprint density at radius 1 is 1.04 bits per heavy atom. The number of para-hydroxylation sites is 1. The largest absolute Gasteiger partial charge is 0.497 e. The van der Waals surface area contributed by atoms with E-state index in [1.165, 1.54) is 5.56 Å². The van der Waals surface area contributed by atoms with Gasteiger partial charge in [0.15, 0.2) is 5.78 Å². The number of ether oxygens (including phenoxy) is 2. The quantitative estimate of drug-likeness (QED) is 0.619. The third-order valence-electron chi connectivity index (χ3n) is 4.84. The molecule has 25 heavy (non-hydrogen) atoms. The van der Waals surface area contributed by atoms with Crippen LogP contribution in [-0.2, 0) is 5.41 Å². The Kier molecular flexibility index (Phi) is 4.29. The summed E-state index contributed by atoms with van der Waals surface area (Å²) in [6.07, 6.45) is 1.72. The lowest BCUT2D eigenvalue weighted by Crippen LogP contribution is -2.24. The number of anilines is 1. The van der Waals surface area contributed by atoms with Crippen molar-refractivity contribution in [3.63, 3.8) is 0 Å². The van der Waals surface area contributed by atoms with Crippen molar-refractivity contribution in [1.29, 1.82) is 0 Å². The Labute approximate surface area is 148 Å². The van der Waals surface area contributed by atoms with Gasteiger partial charge in [0.2, 0.25) is 0 Å². The number of hydrogen-bond donors (Lipinski definition) is 0. The fraction of sp³-hybridized carbons (Fsp3) is 0.286. The first-order chi connectivity index (χ1) is 11.9. The van der Waals surface area contributed by atoms with E-state index in [2.05, 4.69) is 30.9 Å². The van der Waals surface area contributed by atoms with Gasteiger partial charge in [-0.3, -0.25) is 4.79 Å². The van der Waals surface area contributed by atoms with E-state index in [1.807, 2.05) is 19.2 Å². The van der Waals surface area contributed by atoms with Gasteiger partial charge in [0, 0.05) is 41.6 Å². The van der Waals surface area contributed by atoms with Crippen LogP contribution in [0.2, 0.25) is 0 Å². The van der Waals surface area contributed by atoms with Crippen molar-refractivity contribution in [2.45, 2.75) is 19.3 Å². The first kappa shape index (κ1) is 17.1. The van der Waals surface area contributed by atoms with Gasteiger partial charge >= 0.3 is 0 Å². The molecule has 0 N–H and O–H groups in total. The summed E-state index contributed by atoms with van der Waals surface area (Å²) in [5, 5.41) is 0. The molecule has 1 heterocycles. The van der Waals surface area contributed by atoms with Crippen LogP contribution in [0.4, 0.5) is 5.69 Å². The summed E-state index contributed by atoms with van der Waals surface area (Å²) in [5.41, 5.74) is 3.64. The number of rotatable bonds is 4. The number of ketones is 1. The molecule has 0 bridgehead atoms. The second-order valence-electron chi connectivity index (χ2n) is 6.70. The minimum atomic E-state index is -0.232. The van der Waals surface area contributed by atoms with E-state index in [0.717, 1.165) is 11.4 Å². The van der Waals surface area contributed by atoms with Crippen molar-refractivity contribution < 1.29 is 14.3 Å². The number of nitrogens with zero attached hydrogens (tertiary/aromatic N) is 1. The highest BCUT2D eigenvalue weighted by molar-refractivity contribution is 6.06. The molecular formula is C21H23NO3. The van der Waals surface area contributed by atoms with Gasteiger partial charge in [-0.15, -0.1) is 0 Å². The van der Waals surface area contributed by atoms with Gasteiger partial charge in [-0.2, -0.15) is 0 Å². The van der Waals surface area contributed by atoms with Crippen molar-refractivity contribution >= 4 is 11.5 Å². The minimum absolute atomic E-state index is 0.0695. The first-order valence-electron chi connectivity index (χ1n) is 8.21. The predicted octanol–water partition coefficient (Wildman–Crippen LogP) is 4.20. The van der Waals surface area contributed by atoms with Gasteiger partial charge in [-0.05, 0) is 23.8 Å². The highest BCUT2D eigenvalue weighted by Gasteiger charge is 2.38. The van der Waals surface area contributed by atoms with E-state index in [0.29, 0.717) is 17.1 Å². The molecule has 0 amide bonds. The summed E-state index contributed by atoms with van der Waals surface area (Å²) in [4.78, 5) is 15.0. The number of methoxy groups -OCH3 is 2. The maximum Gasteiger partial charge on any atom is 0.187 e. The normalized spacial score (nSPS) is 16.7. The molecule has 0 aromatic heterocycles. The van der Waals surface area contributed by atoms with Crippen molar-refractivity contribution in [3.05, 3.63) is 65.4 Å². The number of fused-ring (bicyclic) bond motifs is 1. The minimum Gasteiger partial charge on any atom is -0.497 e. The van der Waals surface area contributed by atoms with E-state index in [1.54, 1.807) is 38.5 Å². The lowest BCUT2D eigenvalue weighted by molar-refractivity contribution is 0.104. The highest BCUT2D eigenvalue weighted by atomic mass is 16.5. The molecule has 0 aliphatic carbocycles. The number of carbonyl (C=O) groups excluding carboxylic acids is 1. The molecule has 130 valence electrons. The average Bonchev–Trinajstić information content (AvgIpc) is 2.82. The lowest BCUT2D eigenvalue weighted by Gasteiger charge is -2.24. The second-order valence-corrected chi connectivity index (χ2v) is 6.70. The highest BCUT2D eigenvalue weighted by Crippen LogP contribution is 2.46. The fourth-order valence-corrected chi connectivity index (χ4v) is 3.42. The van der Waals surface area contributed by atoms with Crippen molar-refractivity contribution in [3.8, 4) is 11.5 Å². The molecule has 3 rings (SSSR count). The van der Waals surface area contributed by atoms with Gasteiger partial charge in [0.1, 0.15) is 11.5 Å². The Bertz CT molecular complexity index is 830. The Morgan fingerprint density at radius 3 is 2.20 bits per heavy atom. The third kappa shape index (κ3) is 2.88. The van der Waals surface area contributed by atoms with E-state index in [-0.39, 0.29) is 11.2 Å². The van der Waals surface area contributed by atoms with Crippen molar-refractivity contribution in [1.82, 2.24) is 0 Å². The van der Waals surface area contributed by atoms with Crippen LogP contribution in [0.15, 0.2) is 54.2 Å². The van der Waals surface area contributed by atoms with Crippen LogP contribution in [-0.4, -0.2) is 27.1 Å². The van der Waals surface area contributed by atoms with Crippen molar-refractivity contribution in [2.24, 2.45) is 0 Å². The van der Waals surface area contributed by atoms with Gasteiger partial charge in [-0.1, -0.05) is 32.0 Å². The summed E-state index contributed by atoms with van der Waals surface area (Å²) in [6, 6.07) is 13.5. The predicted molar refractivity (Wildman–Crippen MR) is 99.8 cm³/mol. The second kappa shape index (κ2) is 6.28. The van der Waals surface area contributed by atoms with E-state index in [4.69, 9.17) is 9.47 Å². The average molecular weight is 337 g/mol. The molecular weight excluding hydrogens is 314 g/mol. The monoisotopic (exact) mass is 337 g/mol. The van der Waals surface area contributed by atoms with Crippen LogP contribution in [0.5, 0.6) is 11.5 Å². The molecule has 2 aromatic carbocycles. The standard InChI is InChI=1S/C21H23NO3/c1-21(2)17-8-6-7-9-18(17)22(3)20(21)13-19(23)14-10-15(24-4)12-16(11-14)25-5/h6-13H,1-5H3. The molecule has 0 fully saturated rings. The Balaban J connectivity index is 2.03. The third-order valence-corrected chi connectivity index (χ3v) is 4.84. The Hall–Kier alpha value is -2.75. The Morgan fingerprint density at radius 2 is 1.64 bits per heavy atom. The summed E-state index contributed by atoms with van der Waals surface area (Å²) >= 11 is 0. The molecule has 0 saturated heterocycles. The van der Waals surface area contributed by atoms with Crippen LogP contribution in [0.25, 0.3) is 0 Å². The zero-order valence-corrected chi connectivity index (χ0v) is 15.3. The van der Waals surface area contributed by atoms with Gasteiger partial charge in [0.25, 0.3) is 0 Å². The first-order valence-corrected chi connectivity index (χ1v) is 8.21. The van der Waals surface area contributed by atoms with Gasteiger partial charge in [-0.25, -0.2) is 0 Å². The number of benzene rings is 2. The molecule has 1 aliphatic heterocycles. The molecule has 0 spiro atoms. The van der Waals surface area contributed by atoms with Crippen LogP contribution in [0.1, 0.15) is 29.8 Å². The molecule has 4 heteroatoms. The molecule has 4 nitrogen and oxygen atoms in total. The van der Waals surface area contributed by atoms with Gasteiger partial charge < -0.3 is 14.4 Å². The molecule has 0 atom stereocenters. The van der Waals surface area contributed by atoms with E-state index < -0.39 is 0 Å². The number of carbonyl (C=O) groups is 1. The number of likely N-dealkylation sites (N-methyl/N-ethyl adjacent to an activating group) is 1. The molecule has 0 saturated carbocycles. The lowest BCUT2D eigenvalue weighted by atomic mass is 9.83.